The van der Waals surface area contributed by atoms with Gasteiger partial charge in [0, 0.05) is 6.07 Å². The number of carbonyl (C=O) groups excluding carboxylic acids is 1. The van der Waals surface area contributed by atoms with Crippen molar-refractivity contribution in [3.8, 4) is 0 Å². The smallest absolute Gasteiger partial charge is 0.185 e. The summed E-state index contributed by atoms with van der Waals surface area (Å²) in [5.74, 6) is -7.90. The van der Waals surface area contributed by atoms with Gasteiger partial charge in [0.05, 0.1) is 11.6 Å². The molecule has 1 atom stereocenters. The Hall–Kier alpha value is -1.43. The number of Topliss-reactive ketones (excluding diaryl/α,β-unsaturated/α-hetero) is 1. The first-order chi connectivity index (χ1) is 6.86. The Labute approximate surface area is 82.7 Å². The quantitative estimate of drug-likeness (QED) is 0.470. The summed E-state index contributed by atoms with van der Waals surface area (Å²) in [6, 6.07) is -1.21. The lowest BCUT2D eigenvalue weighted by atomic mass is 10.0. The van der Waals surface area contributed by atoms with Gasteiger partial charge in [0.25, 0.3) is 0 Å². The standard InChI is InChI=1S/C9H7F4NO/c1-3(14)9(15)6-7(12)4(10)2-5(11)8(6)13/h2-3H,14H2,1H3. The van der Waals surface area contributed by atoms with E-state index in [2.05, 4.69) is 0 Å². The third-order valence-electron chi connectivity index (χ3n) is 1.77. The van der Waals surface area contributed by atoms with Gasteiger partial charge in [-0.25, -0.2) is 17.6 Å². The predicted octanol–water partition coefficient (Wildman–Crippen LogP) is 1.77. The van der Waals surface area contributed by atoms with E-state index in [1.54, 1.807) is 0 Å². The number of hydrogen-bond acceptors (Lipinski definition) is 2. The van der Waals surface area contributed by atoms with E-state index in [0.717, 1.165) is 6.92 Å². The molecule has 2 nitrogen and oxygen atoms in total. The van der Waals surface area contributed by atoms with Gasteiger partial charge in [0.2, 0.25) is 0 Å². The summed E-state index contributed by atoms with van der Waals surface area (Å²) in [7, 11) is 0. The largest absolute Gasteiger partial charge is 0.321 e. The van der Waals surface area contributed by atoms with Gasteiger partial charge >= 0.3 is 0 Å². The minimum atomic E-state index is -1.73. The summed E-state index contributed by atoms with van der Waals surface area (Å²) in [4.78, 5) is 11.2. The van der Waals surface area contributed by atoms with Crippen LogP contribution in [0.15, 0.2) is 6.07 Å². The molecule has 1 rings (SSSR count). The first-order valence-electron chi connectivity index (χ1n) is 3.99. The van der Waals surface area contributed by atoms with E-state index >= 15 is 0 Å². The van der Waals surface area contributed by atoms with E-state index in [0.29, 0.717) is 0 Å². The van der Waals surface area contributed by atoms with Gasteiger partial charge in [-0.15, -0.1) is 0 Å². The Morgan fingerprint density at radius 2 is 1.60 bits per heavy atom. The van der Waals surface area contributed by atoms with Crippen molar-refractivity contribution in [3.05, 3.63) is 34.9 Å². The van der Waals surface area contributed by atoms with Gasteiger partial charge < -0.3 is 5.73 Å². The van der Waals surface area contributed by atoms with Crippen LogP contribution in [-0.4, -0.2) is 11.8 Å². The molecule has 6 heteroatoms. The average Bonchev–Trinajstić information content (AvgIpc) is 2.15. The summed E-state index contributed by atoms with van der Waals surface area (Å²) in [5, 5.41) is 0. The van der Waals surface area contributed by atoms with Crippen LogP contribution in [0.3, 0.4) is 0 Å². The molecule has 0 radical (unpaired) electrons. The molecule has 1 aromatic carbocycles. The maximum absolute atomic E-state index is 13.0. The van der Waals surface area contributed by atoms with E-state index in [-0.39, 0.29) is 6.07 Å². The Balaban J connectivity index is 3.46. The summed E-state index contributed by atoms with van der Waals surface area (Å²) >= 11 is 0. The third-order valence-corrected chi connectivity index (χ3v) is 1.77. The van der Waals surface area contributed by atoms with E-state index in [4.69, 9.17) is 5.73 Å². The van der Waals surface area contributed by atoms with Crippen molar-refractivity contribution in [3.63, 3.8) is 0 Å². The molecule has 0 saturated carbocycles. The monoisotopic (exact) mass is 221 g/mol. The minimum absolute atomic E-state index is 0.0304. The third kappa shape index (κ3) is 1.99. The highest BCUT2D eigenvalue weighted by atomic mass is 19.2. The highest BCUT2D eigenvalue weighted by Crippen LogP contribution is 2.20. The number of carbonyl (C=O) groups is 1. The molecule has 0 bridgehead atoms. The fourth-order valence-corrected chi connectivity index (χ4v) is 1.02. The number of halogens is 4. The normalized spacial score (nSPS) is 12.7. The zero-order valence-corrected chi connectivity index (χ0v) is 7.65. The molecular formula is C9H7F4NO. The Kier molecular flexibility index (Phi) is 3.09. The van der Waals surface area contributed by atoms with Crippen LogP contribution in [0.4, 0.5) is 17.6 Å². The van der Waals surface area contributed by atoms with E-state index in [1.807, 2.05) is 0 Å². The van der Waals surface area contributed by atoms with Gasteiger partial charge in [-0.1, -0.05) is 0 Å². The summed E-state index contributed by atoms with van der Waals surface area (Å²) in [6.45, 7) is 1.16. The van der Waals surface area contributed by atoms with Gasteiger partial charge in [-0.05, 0) is 6.92 Å². The first-order valence-corrected chi connectivity index (χ1v) is 3.99. The number of hydrogen-bond donors (Lipinski definition) is 1. The summed E-state index contributed by atoms with van der Waals surface area (Å²) in [5.41, 5.74) is 3.80. The molecule has 0 heterocycles. The fourth-order valence-electron chi connectivity index (χ4n) is 1.02. The second-order valence-electron chi connectivity index (χ2n) is 3.00. The maximum Gasteiger partial charge on any atom is 0.185 e. The molecule has 2 N–H and O–H groups in total. The number of rotatable bonds is 2. The van der Waals surface area contributed by atoms with E-state index in [9.17, 15) is 22.4 Å². The first kappa shape index (κ1) is 11.6. The second-order valence-corrected chi connectivity index (χ2v) is 3.00. The molecule has 0 saturated heterocycles. The molecule has 0 amide bonds. The van der Waals surface area contributed by atoms with Crippen molar-refractivity contribution in [1.29, 1.82) is 0 Å². The molecule has 0 aliphatic heterocycles. The van der Waals surface area contributed by atoms with Crippen LogP contribution in [0.5, 0.6) is 0 Å². The molecule has 1 unspecified atom stereocenters. The van der Waals surface area contributed by atoms with Crippen molar-refractivity contribution in [2.45, 2.75) is 13.0 Å². The molecule has 0 fully saturated rings. The van der Waals surface area contributed by atoms with Crippen LogP contribution in [0.25, 0.3) is 0 Å². The van der Waals surface area contributed by atoms with E-state index in [1.165, 1.54) is 0 Å². The van der Waals surface area contributed by atoms with Crippen LogP contribution in [0.2, 0.25) is 0 Å². The van der Waals surface area contributed by atoms with Crippen molar-refractivity contribution < 1.29 is 22.4 Å². The van der Waals surface area contributed by atoms with E-state index < -0.39 is 40.7 Å². The molecule has 0 aliphatic rings. The lowest BCUT2D eigenvalue weighted by Crippen LogP contribution is -2.29. The fraction of sp³-hybridized carbons (Fsp3) is 0.222. The van der Waals surface area contributed by atoms with Crippen LogP contribution in [0, 0.1) is 23.3 Å². The molecular weight excluding hydrogens is 214 g/mol. The number of ketones is 1. The number of nitrogens with two attached hydrogens (primary N) is 1. The Bertz CT molecular complexity index is 391. The van der Waals surface area contributed by atoms with Gasteiger partial charge in [0.15, 0.2) is 29.1 Å². The predicted molar refractivity (Wildman–Crippen MR) is 44.3 cm³/mol. The molecule has 0 spiro atoms. The molecule has 82 valence electrons. The van der Waals surface area contributed by atoms with Crippen LogP contribution >= 0.6 is 0 Å². The van der Waals surface area contributed by atoms with Crippen LogP contribution in [0.1, 0.15) is 17.3 Å². The summed E-state index contributed by atoms with van der Waals surface area (Å²) in [6.07, 6.45) is 0. The molecule has 0 aromatic heterocycles. The van der Waals surface area contributed by atoms with Crippen molar-refractivity contribution in [1.82, 2.24) is 0 Å². The Morgan fingerprint density at radius 1 is 1.20 bits per heavy atom. The highest BCUT2D eigenvalue weighted by Gasteiger charge is 2.26. The maximum atomic E-state index is 13.0. The zero-order chi connectivity index (χ0) is 11.7. The SMILES string of the molecule is CC(N)C(=O)c1c(F)c(F)cc(F)c1F. The van der Waals surface area contributed by atoms with Crippen molar-refractivity contribution in [2.75, 3.05) is 0 Å². The molecule has 0 aliphatic carbocycles. The lowest BCUT2D eigenvalue weighted by Gasteiger charge is -2.07. The van der Waals surface area contributed by atoms with Gasteiger partial charge in [-0.3, -0.25) is 4.79 Å². The zero-order valence-electron chi connectivity index (χ0n) is 7.65. The average molecular weight is 221 g/mol. The van der Waals surface area contributed by atoms with Gasteiger partial charge in [0.1, 0.15) is 0 Å². The highest BCUT2D eigenvalue weighted by molar-refractivity contribution is 6.00. The van der Waals surface area contributed by atoms with Crippen molar-refractivity contribution in [2.24, 2.45) is 5.73 Å². The van der Waals surface area contributed by atoms with Crippen LogP contribution < -0.4 is 5.73 Å². The number of benzene rings is 1. The van der Waals surface area contributed by atoms with Crippen molar-refractivity contribution >= 4 is 5.78 Å². The Morgan fingerprint density at radius 3 is 1.93 bits per heavy atom. The van der Waals surface area contributed by atoms with Crippen LogP contribution in [-0.2, 0) is 0 Å². The lowest BCUT2D eigenvalue weighted by molar-refractivity contribution is 0.0957. The van der Waals surface area contributed by atoms with Gasteiger partial charge in [-0.2, -0.15) is 0 Å². The molecule has 1 aromatic rings. The summed E-state index contributed by atoms with van der Waals surface area (Å²) < 4.78 is 51.3. The second kappa shape index (κ2) is 3.98. The minimum Gasteiger partial charge on any atom is -0.321 e. The topological polar surface area (TPSA) is 43.1 Å². The molecule has 15 heavy (non-hydrogen) atoms.